The van der Waals surface area contributed by atoms with Gasteiger partial charge < -0.3 is 9.88 Å². The summed E-state index contributed by atoms with van der Waals surface area (Å²) in [6.45, 7) is 2.78. The number of nitrogens with zero attached hydrogens (tertiary/aromatic N) is 3. The van der Waals surface area contributed by atoms with E-state index < -0.39 is 0 Å². The molecule has 4 aromatic rings. The monoisotopic (exact) mass is 342 g/mol. The van der Waals surface area contributed by atoms with Crippen molar-refractivity contribution < 1.29 is 0 Å². The van der Waals surface area contributed by atoms with Crippen LogP contribution >= 0.6 is 0 Å². The molecule has 0 saturated carbocycles. The molecule has 0 aliphatic carbocycles. The van der Waals surface area contributed by atoms with E-state index in [1.807, 2.05) is 19.1 Å². The molecule has 130 valence electrons. The first-order valence-corrected chi connectivity index (χ1v) is 8.88. The predicted molar refractivity (Wildman–Crippen MR) is 107 cm³/mol. The largest absolute Gasteiger partial charge is 0.370 e. The Hall–Kier alpha value is -3.14. The third-order valence-electron chi connectivity index (χ3n) is 4.58. The Bertz CT molecular complexity index is 1030. The van der Waals surface area contributed by atoms with Crippen LogP contribution in [0.5, 0.6) is 0 Å². The summed E-state index contributed by atoms with van der Waals surface area (Å²) >= 11 is 0. The zero-order chi connectivity index (χ0) is 17.9. The van der Waals surface area contributed by atoms with E-state index in [2.05, 4.69) is 81.6 Å². The minimum Gasteiger partial charge on any atom is -0.370 e. The highest BCUT2D eigenvalue weighted by molar-refractivity contribution is 5.85. The summed E-state index contributed by atoms with van der Waals surface area (Å²) in [6.07, 6.45) is 3.05. The van der Waals surface area contributed by atoms with E-state index in [0.29, 0.717) is 0 Å². The molecule has 0 saturated heterocycles. The van der Waals surface area contributed by atoms with Crippen LogP contribution in [0.1, 0.15) is 11.4 Å². The number of benzene rings is 2. The summed E-state index contributed by atoms with van der Waals surface area (Å²) in [5.74, 6) is 1.65. The SMILES string of the molecule is Cc1nc(NCCc2ccccc2)cc(-c2ccc3ccn(C)c3c2)n1. The first-order chi connectivity index (χ1) is 12.7. The number of aryl methyl sites for hydroxylation is 2. The van der Waals surface area contributed by atoms with Crippen molar-refractivity contribution in [1.82, 2.24) is 14.5 Å². The van der Waals surface area contributed by atoms with Crippen molar-refractivity contribution in [3.8, 4) is 11.3 Å². The summed E-state index contributed by atoms with van der Waals surface area (Å²) in [5, 5.41) is 4.67. The third kappa shape index (κ3) is 3.45. The van der Waals surface area contributed by atoms with E-state index in [9.17, 15) is 0 Å². The van der Waals surface area contributed by atoms with Gasteiger partial charge in [-0.3, -0.25) is 0 Å². The molecule has 0 atom stereocenters. The van der Waals surface area contributed by atoms with Crippen molar-refractivity contribution in [3.05, 3.63) is 78.2 Å². The average molecular weight is 342 g/mol. The Balaban J connectivity index is 1.56. The minimum absolute atomic E-state index is 0.775. The van der Waals surface area contributed by atoms with Gasteiger partial charge in [-0.25, -0.2) is 9.97 Å². The summed E-state index contributed by atoms with van der Waals surface area (Å²) in [4.78, 5) is 9.16. The molecular weight excluding hydrogens is 320 g/mol. The molecule has 0 aliphatic heterocycles. The molecule has 2 aromatic heterocycles. The van der Waals surface area contributed by atoms with Gasteiger partial charge in [-0.05, 0) is 36.4 Å². The van der Waals surface area contributed by atoms with Gasteiger partial charge >= 0.3 is 0 Å². The minimum atomic E-state index is 0.775. The van der Waals surface area contributed by atoms with Crippen LogP contribution in [-0.2, 0) is 13.5 Å². The van der Waals surface area contributed by atoms with Crippen molar-refractivity contribution in [3.63, 3.8) is 0 Å². The van der Waals surface area contributed by atoms with Crippen molar-refractivity contribution in [2.24, 2.45) is 7.05 Å². The maximum absolute atomic E-state index is 4.63. The fraction of sp³-hybridized carbons (Fsp3) is 0.182. The van der Waals surface area contributed by atoms with Gasteiger partial charge in [-0.1, -0.05) is 42.5 Å². The van der Waals surface area contributed by atoms with Gasteiger partial charge in [0.2, 0.25) is 0 Å². The second-order valence-corrected chi connectivity index (χ2v) is 6.55. The molecule has 1 N–H and O–H groups in total. The number of hydrogen-bond acceptors (Lipinski definition) is 3. The maximum Gasteiger partial charge on any atom is 0.130 e. The average Bonchev–Trinajstić information content (AvgIpc) is 3.03. The van der Waals surface area contributed by atoms with Crippen LogP contribution in [0.25, 0.3) is 22.2 Å². The van der Waals surface area contributed by atoms with E-state index in [1.165, 1.54) is 16.5 Å². The highest BCUT2D eigenvalue weighted by Gasteiger charge is 2.07. The molecule has 2 heterocycles. The van der Waals surface area contributed by atoms with Crippen LogP contribution < -0.4 is 5.32 Å². The lowest BCUT2D eigenvalue weighted by Crippen LogP contribution is -2.07. The van der Waals surface area contributed by atoms with E-state index in [4.69, 9.17) is 0 Å². The lowest BCUT2D eigenvalue weighted by atomic mass is 10.1. The van der Waals surface area contributed by atoms with Gasteiger partial charge in [0.15, 0.2) is 0 Å². The number of anilines is 1. The van der Waals surface area contributed by atoms with Gasteiger partial charge in [0.1, 0.15) is 11.6 Å². The molecule has 0 unspecified atom stereocenters. The highest BCUT2D eigenvalue weighted by atomic mass is 15.0. The predicted octanol–water partition coefficient (Wildman–Crippen LogP) is 4.60. The normalized spacial score (nSPS) is 11.0. The van der Waals surface area contributed by atoms with E-state index in [-0.39, 0.29) is 0 Å². The van der Waals surface area contributed by atoms with E-state index in [1.54, 1.807) is 0 Å². The Morgan fingerprint density at radius 1 is 0.962 bits per heavy atom. The van der Waals surface area contributed by atoms with Gasteiger partial charge in [0.05, 0.1) is 5.69 Å². The number of hydrogen-bond donors (Lipinski definition) is 1. The number of nitrogens with one attached hydrogen (secondary N) is 1. The van der Waals surface area contributed by atoms with Gasteiger partial charge in [0.25, 0.3) is 0 Å². The smallest absolute Gasteiger partial charge is 0.130 e. The number of aromatic nitrogens is 3. The zero-order valence-corrected chi connectivity index (χ0v) is 15.1. The fourth-order valence-corrected chi connectivity index (χ4v) is 3.21. The van der Waals surface area contributed by atoms with Crippen molar-refractivity contribution in [2.45, 2.75) is 13.3 Å². The summed E-state index contributed by atoms with van der Waals surface area (Å²) in [7, 11) is 2.06. The Morgan fingerprint density at radius 3 is 2.65 bits per heavy atom. The molecule has 0 amide bonds. The molecule has 4 rings (SSSR count). The molecule has 4 heteroatoms. The van der Waals surface area contributed by atoms with Crippen LogP contribution in [0.15, 0.2) is 66.9 Å². The molecule has 0 radical (unpaired) electrons. The lowest BCUT2D eigenvalue weighted by Gasteiger charge is -2.09. The Kier molecular flexibility index (Phi) is 4.40. The standard InChI is InChI=1S/C22H22N4/c1-16-24-20(19-9-8-18-11-13-26(2)21(18)14-19)15-22(25-16)23-12-10-17-6-4-3-5-7-17/h3-9,11,13-15H,10,12H2,1-2H3,(H,23,24,25). The summed E-state index contributed by atoms with van der Waals surface area (Å²) < 4.78 is 2.13. The van der Waals surface area contributed by atoms with Crippen molar-refractivity contribution in [2.75, 3.05) is 11.9 Å². The molecule has 26 heavy (non-hydrogen) atoms. The molecule has 0 spiro atoms. The first-order valence-electron chi connectivity index (χ1n) is 8.88. The summed E-state index contributed by atoms with van der Waals surface area (Å²) in [6, 6.07) is 21.1. The zero-order valence-electron chi connectivity index (χ0n) is 15.1. The van der Waals surface area contributed by atoms with Gasteiger partial charge in [-0.15, -0.1) is 0 Å². The molecule has 0 aliphatic rings. The van der Waals surface area contributed by atoms with Crippen LogP contribution in [0, 0.1) is 6.92 Å². The molecule has 4 nitrogen and oxygen atoms in total. The number of fused-ring (bicyclic) bond motifs is 1. The molecule has 2 aromatic carbocycles. The molecule has 0 fully saturated rings. The van der Waals surface area contributed by atoms with Crippen LogP contribution in [0.3, 0.4) is 0 Å². The second kappa shape index (κ2) is 7.00. The van der Waals surface area contributed by atoms with Crippen LogP contribution in [0.2, 0.25) is 0 Å². The third-order valence-corrected chi connectivity index (χ3v) is 4.58. The van der Waals surface area contributed by atoms with Crippen molar-refractivity contribution in [1.29, 1.82) is 0 Å². The van der Waals surface area contributed by atoms with Gasteiger partial charge in [0, 0.05) is 36.9 Å². The Morgan fingerprint density at radius 2 is 1.81 bits per heavy atom. The van der Waals surface area contributed by atoms with E-state index in [0.717, 1.165) is 35.9 Å². The number of rotatable bonds is 5. The molecule has 0 bridgehead atoms. The van der Waals surface area contributed by atoms with Crippen LogP contribution in [-0.4, -0.2) is 21.1 Å². The molecular formula is C22H22N4. The lowest BCUT2D eigenvalue weighted by molar-refractivity contribution is 0.968. The Labute approximate surface area is 153 Å². The second-order valence-electron chi connectivity index (χ2n) is 6.55. The quantitative estimate of drug-likeness (QED) is 0.576. The highest BCUT2D eigenvalue weighted by Crippen LogP contribution is 2.25. The van der Waals surface area contributed by atoms with Gasteiger partial charge in [-0.2, -0.15) is 0 Å². The van der Waals surface area contributed by atoms with E-state index >= 15 is 0 Å². The fourth-order valence-electron chi connectivity index (χ4n) is 3.21. The van der Waals surface area contributed by atoms with Crippen molar-refractivity contribution >= 4 is 16.7 Å². The topological polar surface area (TPSA) is 42.7 Å². The maximum atomic E-state index is 4.63. The first kappa shape index (κ1) is 16.3. The van der Waals surface area contributed by atoms with Crippen LogP contribution in [0.4, 0.5) is 5.82 Å². The summed E-state index contributed by atoms with van der Waals surface area (Å²) in [5.41, 5.74) is 4.58.